The minimum atomic E-state index is -3.49. The maximum absolute atomic E-state index is 12.2. The van der Waals surface area contributed by atoms with Crippen LogP contribution in [0.25, 0.3) is 0 Å². The molecule has 1 aromatic carbocycles. The molecule has 1 aliphatic rings. The maximum Gasteiger partial charge on any atom is 0.240 e. The monoisotopic (exact) mass is 295 g/mol. The molecule has 0 spiro atoms. The first-order valence-electron chi connectivity index (χ1n) is 6.93. The van der Waals surface area contributed by atoms with Gasteiger partial charge >= 0.3 is 0 Å². The molecule has 1 saturated carbocycles. The van der Waals surface area contributed by atoms with Crippen LogP contribution in [0.2, 0.25) is 0 Å². The molecule has 0 atom stereocenters. The van der Waals surface area contributed by atoms with Gasteiger partial charge < -0.3 is 0 Å². The van der Waals surface area contributed by atoms with E-state index in [9.17, 15) is 13.2 Å². The molecule has 1 fully saturated rings. The smallest absolute Gasteiger partial charge is 0.240 e. The van der Waals surface area contributed by atoms with Crippen LogP contribution in [0.1, 0.15) is 49.9 Å². The van der Waals surface area contributed by atoms with E-state index in [1.165, 1.54) is 31.9 Å². The van der Waals surface area contributed by atoms with Crippen LogP contribution in [-0.2, 0) is 10.0 Å². The highest BCUT2D eigenvalue weighted by Crippen LogP contribution is 2.36. The summed E-state index contributed by atoms with van der Waals surface area (Å²) in [6.07, 6.45) is 4.48. The molecule has 110 valence electrons. The number of Topliss-reactive ketones (excluding diaryl/α,β-unsaturated/α-hetero) is 1. The number of carbonyl (C=O) groups excluding carboxylic acids is 1. The fourth-order valence-electron chi connectivity index (χ4n) is 2.63. The Hall–Kier alpha value is -1.20. The zero-order valence-corrected chi connectivity index (χ0v) is 12.8. The quantitative estimate of drug-likeness (QED) is 0.850. The van der Waals surface area contributed by atoms with Crippen LogP contribution in [0.4, 0.5) is 0 Å². The van der Waals surface area contributed by atoms with Gasteiger partial charge in [-0.1, -0.05) is 31.9 Å². The first kappa shape index (κ1) is 15.2. The van der Waals surface area contributed by atoms with Gasteiger partial charge in [0.15, 0.2) is 5.78 Å². The van der Waals surface area contributed by atoms with Crippen molar-refractivity contribution in [2.24, 2.45) is 5.41 Å². The first-order valence-corrected chi connectivity index (χ1v) is 8.41. The fraction of sp³-hybridized carbons (Fsp3) is 0.533. The predicted molar refractivity (Wildman–Crippen MR) is 78.2 cm³/mol. The van der Waals surface area contributed by atoms with Crippen LogP contribution in [0.3, 0.4) is 0 Å². The van der Waals surface area contributed by atoms with Crippen LogP contribution in [0.15, 0.2) is 29.2 Å². The van der Waals surface area contributed by atoms with Gasteiger partial charge in [-0.3, -0.25) is 4.79 Å². The molecule has 0 amide bonds. The third kappa shape index (κ3) is 3.46. The summed E-state index contributed by atoms with van der Waals surface area (Å²) in [5, 5.41) is 0. The molecule has 20 heavy (non-hydrogen) atoms. The van der Waals surface area contributed by atoms with E-state index < -0.39 is 10.0 Å². The van der Waals surface area contributed by atoms with E-state index in [2.05, 4.69) is 11.6 Å². The normalized spacial score (nSPS) is 18.1. The topological polar surface area (TPSA) is 63.2 Å². The maximum atomic E-state index is 12.2. The number of hydrogen-bond donors (Lipinski definition) is 1. The van der Waals surface area contributed by atoms with Crippen molar-refractivity contribution in [2.45, 2.75) is 44.4 Å². The summed E-state index contributed by atoms with van der Waals surface area (Å²) in [6.45, 7) is 4.06. The molecular weight excluding hydrogens is 274 g/mol. The highest BCUT2D eigenvalue weighted by atomic mass is 32.2. The van der Waals surface area contributed by atoms with Crippen molar-refractivity contribution in [3.8, 4) is 0 Å². The number of nitrogens with one attached hydrogen (secondary N) is 1. The van der Waals surface area contributed by atoms with Gasteiger partial charge in [-0.2, -0.15) is 0 Å². The third-order valence-corrected chi connectivity index (χ3v) is 5.49. The molecule has 2 rings (SSSR count). The van der Waals surface area contributed by atoms with Gasteiger partial charge in [0.05, 0.1) is 4.90 Å². The van der Waals surface area contributed by atoms with Crippen LogP contribution in [0, 0.1) is 5.41 Å². The Morgan fingerprint density at radius 1 is 1.20 bits per heavy atom. The second-order valence-corrected chi connectivity index (χ2v) is 7.69. The summed E-state index contributed by atoms with van der Waals surface area (Å²) < 4.78 is 27.1. The number of hydrogen-bond acceptors (Lipinski definition) is 3. The average molecular weight is 295 g/mol. The van der Waals surface area contributed by atoms with E-state index in [-0.39, 0.29) is 16.1 Å². The van der Waals surface area contributed by atoms with Gasteiger partial charge in [-0.05, 0) is 37.3 Å². The zero-order chi connectivity index (χ0) is 14.8. The van der Waals surface area contributed by atoms with Crippen molar-refractivity contribution in [3.63, 3.8) is 0 Å². The van der Waals surface area contributed by atoms with E-state index >= 15 is 0 Å². The second kappa shape index (κ2) is 5.66. The Morgan fingerprint density at radius 3 is 2.25 bits per heavy atom. The predicted octanol–water partition coefficient (Wildman–Crippen LogP) is 2.75. The van der Waals surface area contributed by atoms with Gasteiger partial charge in [0, 0.05) is 12.1 Å². The van der Waals surface area contributed by atoms with Gasteiger partial charge in [0.25, 0.3) is 0 Å². The number of sulfonamides is 1. The number of benzene rings is 1. The standard InChI is InChI=1S/C15H21NO3S/c1-12(17)13-5-7-14(8-6-13)20(18,19)16-11-15(2)9-3-4-10-15/h5-8,16H,3-4,9-11H2,1-2H3. The van der Waals surface area contributed by atoms with E-state index in [0.29, 0.717) is 12.1 Å². The Kier molecular flexibility index (Phi) is 4.30. The highest BCUT2D eigenvalue weighted by Gasteiger charge is 2.30. The zero-order valence-electron chi connectivity index (χ0n) is 12.0. The minimum absolute atomic E-state index is 0.0691. The van der Waals surface area contributed by atoms with E-state index in [1.807, 2.05) is 0 Å². The van der Waals surface area contributed by atoms with Crippen LogP contribution >= 0.6 is 0 Å². The molecule has 4 nitrogen and oxygen atoms in total. The van der Waals surface area contributed by atoms with Crippen LogP contribution in [0.5, 0.6) is 0 Å². The first-order chi connectivity index (χ1) is 9.32. The molecule has 0 aromatic heterocycles. The van der Waals surface area contributed by atoms with Gasteiger partial charge in [0.2, 0.25) is 10.0 Å². The molecule has 0 unspecified atom stereocenters. The molecule has 0 aliphatic heterocycles. The Balaban J connectivity index is 2.08. The molecule has 0 saturated heterocycles. The van der Waals surface area contributed by atoms with E-state index in [4.69, 9.17) is 0 Å². The summed E-state index contributed by atoms with van der Waals surface area (Å²) in [5.41, 5.74) is 0.596. The second-order valence-electron chi connectivity index (χ2n) is 5.92. The van der Waals surface area contributed by atoms with Gasteiger partial charge in [-0.25, -0.2) is 13.1 Å². The average Bonchev–Trinajstić information content (AvgIpc) is 2.84. The van der Waals surface area contributed by atoms with Crippen molar-refractivity contribution >= 4 is 15.8 Å². The van der Waals surface area contributed by atoms with Gasteiger partial charge in [-0.15, -0.1) is 0 Å². The van der Waals surface area contributed by atoms with Crippen LogP contribution < -0.4 is 4.72 Å². The molecule has 1 N–H and O–H groups in total. The third-order valence-electron chi connectivity index (χ3n) is 4.07. The molecule has 0 radical (unpaired) electrons. The summed E-state index contributed by atoms with van der Waals surface area (Å²) in [6, 6.07) is 6.06. The van der Waals surface area contributed by atoms with Crippen molar-refractivity contribution in [3.05, 3.63) is 29.8 Å². The largest absolute Gasteiger partial charge is 0.295 e. The number of carbonyl (C=O) groups is 1. The number of rotatable bonds is 5. The summed E-state index contributed by atoms with van der Waals surface area (Å²) in [4.78, 5) is 11.4. The summed E-state index contributed by atoms with van der Waals surface area (Å²) in [5.74, 6) is -0.0691. The van der Waals surface area contributed by atoms with E-state index in [1.54, 1.807) is 12.1 Å². The Labute approximate surface area is 120 Å². The fourth-order valence-corrected chi connectivity index (χ4v) is 3.83. The molecule has 0 heterocycles. The highest BCUT2D eigenvalue weighted by molar-refractivity contribution is 7.89. The Morgan fingerprint density at radius 2 is 1.75 bits per heavy atom. The lowest BCUT2D eigenvalue weighted by Gasteiger charge is -2.23. The van der Waals surface area contributed by atoms with Crippen molar-refractivity contribution < 1.29 is 13.2 Å². The molecular formula is C15H21NO3S. The lowest BCUT2D eigenvalue weighted by molar-refractivity contribution is 0.101. The minimum Gasteiger partial charge on any atom is -0.295 e. The van der Waals surface area contributed by atoms with E-state index in [0.717, 1.165) is 12.8 Å². The van der Waals surface area contributed by atoms with Crippen molar-refractivity contribution in [2.75, 3.05) is 6.54 Å². The lowest BCUT2D eigenvalue weighted by Crippen LogP contribution is -2.34. The SMILES string of the molecule is CC(=O)c1ccc(S(=O)(=O)NCC2(C)CCCC2)cc1. The summed E-state index contributed by atoms with van der Waals surface area (Å²) >= 11 is 0. The number of ketones is 1. The van der Waals surface area contributed by atoms with Crippen molar-refractivity contribution in [1.82, 2.24) is 4.72 Å². The lowest BCUT2D eigenvalue weighted by atomic mass is 9.89. The van der Waals surface area contributed by atoms with Crippen molar-refractivity contribution in [1.29, 1.82) is 0 Å². The Bertz CT molecular complexity index is 584. The molecule has 1 aliphatic carbocycles. The molecule has 5 heteroatoms. The molecule has 0 bridgehead atoms. The molecule has 1 aromatic rings. The summed E-state index contributed by atoms with van der Waals surface area (Å²) in [7, 11) is -3.49. The van der Waals surface area contributed by atoms with Crippen LogP contribution in [-0.4, -0.2) is 20.7 Å². The van der Waals surface area contributed by atoms with Gasteiger partial charge in [0.1, 0.15) is 0 Å².